The van der Waals surface area contributed by atoms with Gasteiger partial charge in [0.2, 0.25) is 0 Å². The fraction of sp³-hybridized carbons (Fsp3) is 0.545. The lowest BCUT2D eigenvalue weighted by Gasteiger charge is -2.20. The van der Waals surface area contributed by atoms with Gasteiger partial charge < -0.3 is 14.8 Å². The number of pyridine rings is 1. The largest absolute Gasteiger partial charge is 0.495 e. The van der Waals surface area contributed by atoms with Crippen molar-refractivity contribution in [3.05, 3.63) is 18.0 Å². The standard InChI is InChI=1S/C11H16N2O2/c1-12-11(4-5-11)10-8(14-2)6-13-7-9(10)15-3/h6-7,12H,4-5H2,1-3H3. The second kappa shape index (κ2) is 3.70. The normalized spacial score (nSPS) is 17.3. The van der Waals surface area contributed by atoms with Crippen LogP contribution in [-0.2, 0) is 5.54 Å². The first kappa shape index (κ1) is 10.2. The summed E-state index contributed by atoms with van der Waals surface area (Å²) in [5.41, 5.74) is 1.12. The maximum atomic E-state index is 5.33. The predicted octanol–water partition coefficient (Wildman–Crippen LogP) is 1.31. The van der Waals surface area contributed by atoms with Gasteiger partial charge in [-0.15, -0.1) is 0 Å². The van der Waals surface area contributed by atoms with E-state index in [1.54, 1.807) is 26.6 Å². The molecule has 0 bridgehead atoms. The summed E-state index contributed by atoms with van der Waals surface area (Å²) in [7, 11) is 5.28. The summed E-state index contributed by atoms with van der Waals surface area (Å²) in [6, 6.07) is 0. The Morgan fingerprint density at radius 1 is 1.20 bits per heavy atom. The third kappa shape index (κ3) is 1.55. The van der Waals surface area contributed by atoms with Crippen molar-refractivity contribution in [1.82, 2.24) is 10.3 Å². The number of nitrogens with zero attached hydrogens (tertiary/aromatic N) is 1. The van der Waals surface area contributed by atoms with Gasteiger partial charge in [0, 0.05) is 0 Å². The molecule has 1 N–H and O–H groups in total. The Kier molecular flexibility index (Phi) is 2.52. The number of nitrogens with one attached hydrogen (secondary N) is 1. The highest BCUT2D eigenvalue weighted by molar-refractivity contribution is 5.49. The molecule has 0 aliphatic heterocycles. The summed E-state index contributed by atoms with van der Waals surface area (Å²) in [6.45, 7) is 0. The van der Waals surface area contributed by atoms with Gasteiger partial charge in [-0.05, 0) is 19.9 Å². The van der Waals surface area contributed by atoms with Crippen LogP contribution in [0, 0.1) is 0 Å². The van der Waals surface area contributed by atoms with Crippen molar-refractivity contribution < 1.29 is 9.47 Å². The highest BCUT2D eigenvalue weighted by Gasteiger charge is 2.47. The molecule has 0 radical (unpaired) electrons. The molecule has 0 spiro atoms. The van der Waals surface area contributed by atoms with Gasteiger partial charge in [0.05, 0.1) is 37.7 Å². The minimum absolute atomic E-state index is 0.0274. The quantitative estimate of drug-likeness (QED) is 0.810. The summed E-state index contributed by atoms with van der Waals surface area (Å²) >= 11 is 0. The smallest absolute Gasteiger partial charge is 0.145 e. The second-order valence-corrected chi connectivity index (χ2v) is 3.75. The third-order valence-corrected chi connectivity index (χ3v) is 3.02. The van der Waals surface area contributed by atoms with E-state index in [4.69, 9.17) is 9.47 Å². The van der Waals surface area contributed by atoms with E-state index in [1.807, 2.05) is 7.05 Å². The number of rotatable bonds is 4. The van der Waals surface area contributed by atoms with E-state index in [2.05, 4.69) is 10.3 Å². The summed E-state index contributed by atoms with van der Waals surface area (Å²) in [4.78, 5) is 4.08. The Balaban J connectivity index is 2.51. The lowest BCUT2D eigenvalue weighted by Crippen LogP contribution is -2.25. The molecule has 1 heterocycles. The van der Waals surface area contributed by atoms with Gasteiger partial charge in [0.15, 0.2) is 0 Å². The van der Waals surface area contributed by atoms with E-state index in [1.165, 1.54) is 0 Å². The molecule has 15 heavy (non-hydrogen) atoms. The first-order chi connectivity index (χ1) is 7.27. The zero-order valence-electron chi connectivity index (χ0n) is 9.33. The van der Waals surface area contributed by atoms with Crippen molar-refractivity contribution in [3.8, 4) is 11.5 Å². The van der Waals surface area contributed by atoms with E-state index in [0.717, 1.165) is 29.9 Å². The van der Waals surface area contributed by atoms with Crippen LogP contribution >= 0.6 is 0 Å². The van der Waals surface area contributed by atoms with Crippen molar-refractivity contribution >= 4 is 0 Å². The fourth-order valence-electron chi connectivity index (χ4n) is 1.95. The average Bonchev–Trinajstić information content (AvgIpc) is 3.08. The van der Waals surface area contributed by atoms with Gasteiger partial charge in [-0.3, -0.25) is 4.98 Å². The van der Waals surface area contributed by atoms with Crippen LogP contribution in [-0.4, -0.2) is 26.3 Å². The van der Waals surface area contributed by atoms with E-state index in [-0.39, 0.29) is 5.54 Å². The number of methoxy groups -OCH3 is 2. The summed E-state index contributed by atoms with van der Waals surface area (Å²) in [5, 5.41) is 3.33. The molecule has 82 valence electrons. The molecule has 4 nitrogen and oxygen atoms in total. The van der Waals surface area contributed by atoms with E-state index < -0.39 is 0 Å². The molecule has 1 saturated carbocycles. The van der Waals surface area contributed by atoms with Gasteiger partial charge >= 0.3 is 0 Å². The zero-order chi connectivity index (χ0) is 10.9. The van der Waals surface area contributed by atoms with Crippen LogP contribution in [0.2, 0.25) is 0 Å². The van der Waals surface area contributed by atoms with Crippen molar-refractivity contribution in [3.63, 3.8) is 0 Å². The van der Waals surface area contributed by atoms with Gasteiger partial charge in [-0.1, -0.05) is 0 Å². The van der Waals surface area contributed by atoms with E-state index in [9.17, 15) is 0 Å². The zero-order valence-corrected chi connectivity index (χ0v) is 9.33. The second-order valence-electron chi connectivity index (χ2n) is 3.75. The summed E-state index contributed by atoms with van der Waals surface area (Å²) in [5.74, 6) is 1.59. The average molecular weight is 208 g/mol. The molecular weight excluding hydrogens is 192 g/mol. The van der Waals surface area contributed by atoms with Crippen molar-refractivity contribution in [2.75, 3.05) is 21.3 Å². The lowest BCUT2D eigenvalue weighted by molar-refractivity contribution is 0.366. The van der Waals surface area contributed by atoms with Gasteiger partial charge in [-0.2, -0.15) is 0 Å². The number of aromatic nitrogens is 1. The van der Waals surface area contributed by atoms with E-state index in [0.29, 0.717) is 0 Å². The fourth-order valence-corrected chi connectivity index (χ4v) is 1.95. The van der Waals surface area contributed by atoms with E-state index >= 15 is 0 Å². The predicted molar refractivity (Wildman–Crippen MR) is 57.3 cm³/mol. The van der Waals surface area contributed by atoms with Crippen LogP contribution in [0.3, 0.4) is 0 Å². The maximum Gasteiger partial charge on any atom is 0.145 e. The monoisotopic (exact) mass is 208 g/mol. The van der Waals surface area contributed by atoms with Crippen molar-refractivity contribution in [2.24, 2.45) is 0 Å². The molecule has 1 aliphatic rings. The van der Waals surface area contributed by atoms with Crippen molar-refractivity contribution in [1.29, 1.82) is 0 Å². The molecule has 1 aliphatic carbocycles. The molecular formula is C11H16N2O2. The lowest BCUT2D eigenvalue weighted by atomic mass is 10.0. The van der Waals surface area contributed by atoms with Crippen LogP contribution in [0.1, 0.15) is 18.4 Å². The summed E-state index contributed by atoms with van der Waals surface area (Å²) in [6.07, 6.45) is 5.69. The molecule has 1 aromatic rings. The van der Waals surface area contributed by atoms with Crippen LogP contribution in [0.4, 0.5) is 0 Å². The van der Waals surface area contributed by atoms with Gasteiger partial charge in [-0.25, -0.2) is 0 Å². The molecule has 0 atom stereocenters. The van der Waals surface area contributed by atoms with Crippen LogP contribution < -0.4 is 14.8 Å². The Morgan fingerprint density at radius 2 is 1.73 bits per heavy atom. The number of hydrogen-bond donors (Lipinski definition) is 1. The molecule has 4 heteroatoms. The first-order valence-corrected chi connectivity index (χ1v) is 5.03. The Labute approximate surface area is 89.6 Å². The minimum Gasteiger partial charge on any atom is -0.495 e. The molecule has 0 aromatic carbocycles. The molecule has 0 amide bonds. The Morgan fingerprint density at radius 3 is 2.07 bits per heavy atom. The number of ether oxygens (including phenoxy) is 2. The molecule has 0 saturated heterocycles. The minimum atomic E-state index is 0.0274. The molecule has 0 unspecified atom stereocenters. The van der Waals surface area contributed by atoms with Crippen LogP contribution in [0.5, 0.6) is 11.5 Å². The van der Waals surface area contributed by atoms with Gasteiger partial charge in [0.25, 0.3) is 0 Å². The van der Waals surface area contributed by atoms with Gasteiger partial charge in [0.1, 0.15) is 11.5 Å². The Bertz CT molecular complexity index is 339. The molecule has 1 aromatic heterocycles. The topological polar surface area (TPSA) is 43.4 Å². The van der Waals surface area contributed by atoms with Crippen LogP contribution in [0.25, 0.3) is 0 Å². The summed E-state index contributed by atoms with van der Waals surface area (Å²) < 4.78 is 10.7. The maximum absolute atomic E-state index is 5.33. The molecule has 1 fully saturated rings. The SMILES string of the molecule is CNC1(c2c(OC)cncc2OC)CC1. The Hall–Kier alpha value is -1.29. The highest BCUT2D eigenvalue weighted by atomic mass is 16.5. The first-order valence-electron chi connectivity index (χ1n) is 5.03. The number of hydrogen-bond acceptors (Lipinski definition) is 4. The highest BCUT2D eigenvalue weighted by Crippen LogP contribution is 2.51. The third-order valence-electron chi connectivity index (χ3n) is 3.02. The van der Waals surface area contributed by atoms with Crippen molar-refractivity contribution in [2.45, 2.75) is 18.4 Å². The van der Waals surface area contributed by atoms with Crippen LogP contribution in [0.15, 0.2) is 12.4 Å². The molecule has 2 rings (SSSR count).